The number of carbonyl (C=O) groups excluding carboxylic acids is 1. The number of β-amino-alcohol motifs (C(OH)–C–C–N with tert-alkyl or cyclic N) is 1. The normalized spacial score (nSPS) is 20.4. The summed E-state index contributed by atoms with van der Waals surface area (Å²) < 4.78 is 13.6. The molecule has 126 valence electrons. The molecule has 1 aliphatic heterocycles. The van der Waals surface area contributed by atoms with Gasteiger partial charge in [-0.15, -0.1) is 0 Å². The van der Waals surface area contributed by atoms with Crippen LogP contribution in [0.3, 0.4) is 0 Å². The average Bonchev–Trinajstić information content (AvgIpc) is 2.96. The highest BCUT2D eigenvalue weighted by molar-refractivity contribution is 5.95. The average molecular weight is 329 g/mol. The molecule has 1 N–H and O–H groups in total. The molecule has 0 unspecified atom stereocenters. The lowest BCUT2D eigenvalue weighted by atomic mass is 10.0. The zero-order valence-corrected chi connectivity index (χ0v) is 13.7. The molecule has 0 saturated carbocycles. The molecule has 0 spiro atoms. The van der Waals surface area contributed by atoms with Crippen LogP contribution in [0.25, 0.3) is 0 Å². The summed E-state index contributed by atoms with van der Waals surface area (Å²) in [5.74, 6) is -0.549. The van der Waals surface area contributed by atoms with Crippen molar-refractivity contribution in [1.29, 1.82) is 0 Å². The van der Waals surface area contributed by atoms with Gasteiger partial charge in [-0.1, -0.05) is 19.1 Å². The summed E-state index contributed by atoms with van der Waals surface area (Å²) in [7, 11) is 0. The van der Waals surface area contributed by atoms with Gasteiger partial charge in [0, 0.05) is 6.54 Å². The molecule has 1 amide bonds. The lowest BCUT2D eigenvalue weighted by Gasteiger charge is -2.25. The summed E-state index contributed by atoms with van der Waals surface area (Å²) in [5, 5.41) is 18.2. The van der Waals surface area contributed by atoms with Crippen LogP contribution in [0.1, 0.15) is 46.7 Å². The smallest absolute Gasteiger partial charge is 0.256 e. The Balaban J connectivity index is 1.97. The van der Waals surface area contributed by atoms with Crippen LogP contribution in [0.4, 0.5) is 4.39 Å². The monoisotopic (exact) mass is 329 g/mol. The lowest BCUT2D eigenvalue weighted by Crippen LogP contribution is -2.33. The number of hydrogen-bond acceptors (Lipinski definition) is 4. The van der Waals surface area contributed by atoms with Crippen molar-refractivity contribution in [3.8, 4) is 0 Å². The highest BCUT2D eigenvalue weighted by Gasteiger charge is 2.36. The van der Waals surface area contributed by atoms with E-state index in [9.17, 15) is 14.3 Å². The van der Waals surface area contributed by atoms with Crippen LogP contribution in [0.2, 0.25) is 0 Å². The summed E-state index contributed by atoms with van der Waals surface area (Å²) in [5.41, 5.74) is 2.49. The third-order valence-corrected chi connectivity index (χ3v) is 4.33. The van der Waals surface area contributed by atoms with Crippen molar-refractivity contribution in [2.24, 2.45) is 0 Å². The fraction of sp³-hybridized carbons (Fsp3) is 0.389. The van der Waals surface area contributed by atoms with Gasteiger partial charge in [-0.2, -0.15) is 10.2 Å². The number of aryl methyl sites for hydroxylation is 2. The number of nitrogens with zero attached hydrogens (tertiary/aromatic N) is 3. The molecule has 3 rings (SSSR count). The number of halogens is 1. The highest BCUT2D eigenvalue weighted by atomic mass is 19.1. The van der Waals surface area contributed by atoms with Crippen molar-refractivity contribution >= 4 is 5.91 Å². The molecule has 6 heteroatoms. The number of aromatic nitrogens is 2. The summed E-state index contributed by atoms with van der Waals surface area (Å²) in [4.78, 5) is 14.7. The maximum Gasteiger partial charge on any atom is 0.256 e. The Bertz CT molecular complexity index is 766. The van der Waals surface area contributed by atoms with E-state index < -0.39 is 6.10 Å². The fourth-order valence-corrected chi connectivity index (χ4v) is 3.18. The second kappa shape index (κ2) is 6.65. The van der Waals surface area contributed by atoms with Gasteiger partial charge in [0.05, 0.1) is 29.1 Å². The van der Waals surface area contributed by atoms with Crippen LogP contribution < -0.4 is 0 Å². The molecule has 1 aromatic carbocycles. The Morgan fingerprint density at radius 1 is 1.38 bits per heavy atom. The first-order valence-electron chi connectivity index (χ1n) is 8.07. The number of amides is 1. The quantitative estimate of drug-likeness (QED) is 0.939. The van der Waals surface area contributed by atoms with Crippen molar-refractivity contribution in [3.05, 3.63) is 58.7 Å². The topological polar surface area (TPSA) is 66.3 Å². The molecule has 1 aromatic heterocycles. The van der Waals surface area contributed by atoms with Crippen LogP contribution >= 0.6 is 0 Å². The van der Waals surface area contributed by atoms with Gasteiger partial charge in [-0.05, 0) is 43.5 Å². The summed E-state index contributed by atoms with van der Waals surface area (Å²) in [6, 6.07) is 7.56. The minimum absolute atomic E-state index is 0.198. The Hall–Kier alpha value is -2.34. The van der Waals surface area contributed by atoms with Gasteiger partial charge in [0.25, 0.3) is 5.91 Å². The zero-order valence-electron chi connectivity index (χ0n) is 13.7. The van der Waals surface area contributed by atoms with E-state index in [1.54, 1.807) is 30.0 Å². The van der Waals surface area contributed by atoms with Gasteiger partial charge >= 0.3 is 0 Å². The van der Waals surface area contributed by atoms with Crippen LogP contribution in [0.5, 0.6) is 0 Å². The summed E-state index contributed by atoms with van der Waals surface area (Å²) in [6.07, 6.45) is 0.368. The largest absolute Gasteiger partial charge is 0.391 e. The third kappa shape index (κ3) is 3.14. The molecule has 2 heterocycles. The highest BCUT2D eigenvalue weighted by Crippen LogP contribution is 2.34. The second-order valence-corrected chi connectivity index (χ2v) is 6.12. The first-order valence-corrected chi connectivity index (χ1v) is 8.07. The molecule has 1 fully saturated rings. The Morgan fingerprint density at radius 2 is 2.17 bits per heavy atom. The molecule has 1 saturated heterocycles. The van der Waals surface area contributed by atoms with Crippen LogP contribution in [-0.2, 0) is 6.42 Å². The molecule has 2 aromatic rings. The van der Waals surface area contributed by atoms with E-state index in [4.69, 9.17) is 0 Å². The summed E-state index contributed by atoms with van der Waals surface area (Å²) >= 11 is 0. The number of hydrogen-bond donors (Lipinski definition) is 1. The maximum absolute atomic E-state index is 13.6. The number of aliphatic hydroxyl groups excluding tert-OH is 1. The number of rotatable bonds is 3. The Kier molecular flexibility index (Phi) is 4.57. The van der Waals surface area contributed by atoms with E-state index in [-0.39, 0.29) is 24.3 Å². The van der Waals surface area contributed by atoms with Gasteiger partial charge in [0.15, 0.2) is 0 Å². The molecular formula is C18H20FN3O2. The second-order valence-electron chi connectivity index (χ2n) is 6.12. The van der Waals surface area contributed by atoms with Crippen molar-refractivity contribution in [1.82, 2.24) is 15.1 Å². The van der Waals surface area contributed by atoms with Gasteiger partial charge in [-0.3, -0.25) is 4.79 Å². The number of likely N-dealkylation sites (tertiary alicyclic amines) is 1. The van der Waals surface area contributed by atoms with Crippen molar-refractivity contribution in [2.75, 3.05) is 6.54 Å². The van der Waals surface area contributed by atoms with E-state index in [1.807, 2.05) is 6.92 Å². The summed E-state index contributed by atoms with van der Waals surface area (Å²) in [6.45, 7) is 3.93. The lowest BCUT2D eigenvalue weighted by molar-refractivity contribution is 0.0713. The zero-order chi connectivity index (χ0) is 17.3. The van der Waals surface area contributed by atoms with Gasteiger partial charge in [-0.25, -0.2) is 4.39 Å². The van der Waals surface area contributed by atoms with Crippen LogP contribution in [0.15, 0.2) is 30.3 Å². The van der Waals surface area contributed by atoms with E-state index in [0.717, 1.165) is 0 Å². The molecule has 0 bridgehead atoms. The molecule has 2 atom stereocenters. The SMILES string of the molecule is CCc1nnc(C)cc1C(=O)N1C[C@@H](O)C[C@@H]1c1cccc(F)c1. The molecule has 0 radical (unpaired) electrons. The first kappa shape index (κ1) is 16.5. The number of carbonyl (C=O) groups is 1. The van der Waals surface area contributed by atoms with Crippen molar-refractivity contribution < 1.29 is 14.3 Å². The van der Waals surface area contributed by atoms with Crippen LogP contribution in [-0.4, -0.2) is 38.8 Å². The Morgan fingerprint density at radius 3 is 2.88 bits per heavy atom. The van der Waals surface area contributed by atoms with Crippen LogP contribution in [0, 0.1) is 12.7 Å². The first-order chi connectivity index (χ1) is 11.5. The molecule has 1 aliphatic rings. The van der Waals surface area contributed by atoms with Crippen molar-refractivity contribution in [2.45, 2.75) is 38.8 Å². The minimum atomic E-state index is -0.622. The van der Waals surface area contributed by atoms with E-state index >= 15 is 0 Å². The predicted octanol–water partition coefficient (Wildman–Crippen LogP) is 2.43. The number of aliphatic hydroxyl groups is 1. The van der Waals surface area contributed by atoms with E-state index in [1.165, 1.54) is 12.1 Å². The fourth-order valence-electron chi connectivity index (χ4n) is 3.18. The van der Waals surface area contributed by atoms with Gasteiger partial charge in [0.1, 0.15) is 5.82 Å². The standard InChI is InChI=1S/C18H20FN3O2/c1-3-16-15(7-11(2)20-21-16)18(24)22-10-14(23)9-17(22)12-5-4-6-13(19)8-12/h4-8,14,17,23H,3,9-10H2,1-2H3/t14-,17+/m0/s1. The van der Waals surface area contributed by atoms with Gasteiger partial charge in [0.2, 0.25) is 0 Å². The predicted molar refractivity (Wildman–Crippen MR) is 86.9 cm³/mol. The van der Waals surface area contributed by atoms with E-state index in [0.29, 0.717) is 35.4 Å². The maximum atomic E-state index is 13.6. The van der Waals surface area contributed by atoms with Crippen molar-refractivity contribution in [3.63, 3.8) is 0 Å². The van der Waals surface area contributed by atoms with E-state index in [2.05, 4.69) is 10.2 Å². The third-order valence-electron chi connectivity index (χ3n) is 4.33. The molecule has 5 nitrogen and oxygen atoms in total. The molecule has 24 heavy (non-hydrogen) atoms. The molecular weight excluding hydrogens is 309 g/mol. The molecule has 0 aliphatic carbocycles. The Labute approximate surface area is 140 Å². The number of benzene rings is 1. The van der Waals surface area contributed by atoms with Gasteiger partial charge < -0.3 is 10.0 Å². The minimum Gasteiger partial charge on any atom is -0.391 e.